The third kappa shape index (κ3) is 1.80. The zero-order valence-corrected chi connectivity index (χ0v) is 7.66. The predicted octanol–water partition coefficient (Wildman–Crippen LogP) is 1.86. The Bertz CT molecular complexity index is 342. The normalized spacial score (nSPS) is 10.0. The van der Waals surface area contributed by atoms with Crippen molar-refractivity contribution in [2.24, 2.45) is 0 Å². The van der Waals surface area contributed by atoms with E-state index in [4.69, 9.17) is 5.11 Å². The first-order valence-corrected chi connectivity index (χ1v) is 4.12. The van der Waals surface area contributed by atoms with E-state index < -0.39 is 0 Å². The molecule has 0 aliphatic carbocycles. The molecule has 2 N–H and O–H groups in total. The van der Waals surface area contributed by atoms with Crippen LogP contribution in [0.5, 0.6) is 11.5 Å². The average Bonchev–Trinajstić information content (AvgIpc) is 2.01. The number of carbonyl (C=O) groups is 1. The fourth-order valence-electron chi connectivity index (χ4n) is 1.35. The SMILES string of the molecule is CCc1cc(O)cc(O)c1C(C)=O. The van der Waals surface area contributed by atoms with Gasteiger partial charge in [0, 0.05) is 6.07 Å². The van der Waals surface area contributed by atoms with Crippen LogP contribution in [0.25, 0.3) is 0 Å². The van der Waals surface area contributed by atoms with Crippen LogP contribution in [0.1, 0.15) is 29.8 Å². The number of Topliss-reactive ketones (excluding diaryl/α,β-unsaturated/α-hetero) is 1. The molecule has 0 radical (unpaired) electrons. The molecule has 0 heterocycles. The van der Waals surface area contributed by atoms with Crippen molar-refractivity contribution in [3.63, 3.8) is 0 Å². The topological polar surface area (TPSA) is 57.5 Å². The number of phenols is 2. The van der Waals surface area contributed by atoms with Crippen LogP contribution < -0.4 is 0 Å². The van der Waals surface area contributed by atoms with Crippen molar-refractivity contribution in [1.29, 1.82) is 0 Å². The Balaban J connectivity index is 3.38. The van der Waals surface area contributed by atoms with E-state index in [1.165, 1.54) is 19.1 Å². The van der Waals surface area contributed by atoms with E-state index in [1.54, 1.807) is 0 Å². The Kier molecular flexibility index (Phi) is 2.56. The van der Waals surface area contributed by atoms with Crippen LogP contribution in [-0.4, -0.2) is 16.0 Å². The molecule has 0 spiro atoms. The van der Waals surface area contributed by atoms with Crippen LogP contribution in [0.15, 0.2) is 12.1 Å². The number of aryl methyl sites for hydroxylation is 1. The van der Waals surface area contributed by atoms with E-state index in [-0.39, 0.29) is 17.3 Å². The molecule has 0 unspecified atom stereocenters. The maximum absolute atomic E-state index is 11.1. The largest absolute Gasteiger partial charge is 0.508 e. The number of rotatable bonds is 2. The van der Waals surface area contributed by atoms with E-state index in [2.05, 4.69) is 0 Å². The molecule has 0 saturated carbocycles. The van der Waals surface area contributed by atoms with Gasteiger partial charge in [0.2, 0.25) is 0 Å². The number of hydrogen-bond acceptors (Lipinski definition) is 3. The highest BCUT2D eigenvalue weighted by molar-refractivity contribution is 5.98. The van der Waals surface area contributed by atoms with Gasteiger partial charge in [-0.15, -0.1) is 0 Å². The molecule has 0 atom stereocenters. The molecule has 0 amide bonds. The Hall–Kier alpha value is -1.51. The molecule has 70 valence electrons. The molecular weight excluding hydrogens is 168 g/mol. The van der Waals surface area contributed by atoms with Gasteiger partial charge in [0.15, 0.2) is 5.78 Å². The maximum Gasteiger partial charge on any atom is 0.163 e. The third-order valence-corrected chi connectivity index (χ3v) is 1.92. The van der Waals surface area contributed by atoms with Crippen molar-refractivity contribution in [3.8, 4) is 11.5 Å². The number of phenolic OH excluding ortho intramolecular Hbond substituents is 2. The second-order valence-corrected chi connectivity index (χ2v) is 2.91. The number of aromatic hydroxyl groups is 2. The van der Waals surface area contributed by atoms with E-state index in [0.717, 1.165) is 0 Å². The lowest BCUT2D eigenvalue weighted by atomic mass is 10.0. The van der Waals surface area contributed by atoms with Gasteiger partial charge in [-0.25, -0.2) is 0 Å². The van der Waals surface area contributed by atoms with Gasteiger partial charge in [0.1, 0.15) is 11.5 Å². The van der Waals surface area contributed by atoms with Crippen molar-refractivity contribution in [1.82, 2.24) is 0 Å². The molecule has 0 bridgehead atoms. The highest BCUT2D eigenvalue weighted by Crippen LogP contribution is 2.27. The fraction of sp³-hybridized carbons (Fsp3) is 0.300. The third-order valence-electron chi connectivity index (χ3n) is 1.92. The summed E-state index contributed by atoms with van der Waals surface area (Å²) < 4.78 is 0. The predicted molar refractivity (Wildman–Crippen MR) is 49.2 cm³/mol. The van der Waals surface area contributed by atoms with Crippen molar-refractivity contribution in [3.05, 3.63) is 23.3 Å². The molecule has 0 aliphatic rings. The van der Waals surface area contributed by atoms with E-state index >= 15 is 0 Å². The highest BCUT2D eigenvalue weighted by atomic mass is 16.3. The Labute approximate surface area is 76.6 Å². The number of hydrogen-bond donors (Lipinski definition) is 2. The molecule has 0 saturated heterocycles. The van der Waals surface area contributed by atoms with Crippen LogP contribution in [-0.2, 0) is 6.42 Å². The van der Waals surface area contributed by atoms with Gasteiger partial charge in [0.05, 0.1) is 5.56 Å². The summed E-state index contributed by atoms with van der Waals surface area (Å²) in [7, 11) is 0. The highest BCUT2D eigenvalue weighted by Gasteiger charge is 2.12. The van der Waals surface area contributed by atoms with Crippen LogP contribution in [0.3, 0.4) is 0 Å². The van der Waals surface area contributed by atoms with Crippen LogP contribution in [0, 0.1) is 0 Å². The van der Waals surface area contributed by atoms with Crippen LogP contribution in [0.4, 0.5) is 0 Å². The first-order chi connectivity index (χ1) is 6.06. The lowest BCUT2D eigenvalue weighted by Crippen LogP contribution is -1.98. The van der Waals surface area contributed by atoms with Gasteiger partial charge in [-0.3, -0.25) is 4.79 Å². The van der Waals surface area contributed by atoms with Gasteiger partial charge >= 0.3 is 0 Å². The summed E-state index contributed by atoms with van der Waals surface area (Å²) in [5.41, 5.74) is 0.977. The molecule has 1 rings (SSSR count). The monoisotopic (exact) mass is 180 g/mol. The summed E-state index contributed by atoms with van der Waals surface area (Å²) in [6, 6.07) is 2.67. The maximum atomic E-state index is 11.1. The number of carbonyl (C=O) groups excluding carboxylic acids is 1. The lowest BCUT2D eigenvalue weighted by Gasteiger charge is -2.07. The van der Waals surface area contributed by atoms with Gasteiger partial charge in [0.25, 0.3) is 0 Å². The molecule has 1 aromatic carbocycles. The molecular formula is C10H12O3. The number of benzene rings is 1. The Morgan fingerprint density at radius 2 is 2.00 bits per heavy atom. The smallest absolute Gasteiger partial charge is 0.163 e. The first-order valence-electron chi connectivity index (χ1n) is 4.12. The van der Waals surface area contributed by atoms with Crippen molar-refractivity contribution >= 4 is 5.78 Å². The second-order valence-electron chi connectivity index (χ2n) is 2.91. The molecule has 3 nitrogen and oxygen atoms in total. The van der Waals surface area contributed by atoms with Crippen LogP contribution in [0.2, 0.25) is 0 Å². The van der Waals surface area contributed by atoms with Crippen molar-refractivity contribution in [2.75, 3.05) is 0 Å². The minimum Gasteiger partial charge on any atom is -0.508 e. The van der Waals surface area contributed by atoms with Crippen molar-refractivity contribution in [2.45, 2.75) is 20.3 Å². The minimum absolute atomic E-state index is 0.0145. The van der Waals surface area contributed by atoms with Gasteiger partial charge in [-0.05, 0) is 25.0 Å². The molecule has 0 aromatic heterocycles. The summed E-state index contributed by atoms with van der Waals surface area (Å²) in [6.45, 7) is 3.26. The van der Waals surface area contributed by atoms with Gasteiger partial charge < -0.3 is 10.2 Å². The summed E-state index contributed by atoms with van der Waals surface area (Å²) in [6.07, 6.45) is 0.608. The van der Waals surface area contributed by atoms with E-state index in [9.17, 15) is 9.90 Å². The van der Waals surface area contributed by atoms with Crippen LogP contribution >= 0.6 is 0 Å². The lowest BCUT2D eigenvalue weighted by molar-refractivity contribution is 0.101. The summed E-state index contributed by atoms with van der Waals surface area (Å²) in [5, 5.41) is 18.6. The summed E-state index contributed by atoms with van der Waals surface area (Å²) >= 11 is 0. The second kappa shape index (κ2) is 3.47. The number of ketones is 1. The molecule has 1 aromatic rings. The zero-order chi connectivity index (χ0) is 10.0. The molecule has 0 fully saturated rings. The van der Waals surface area contributed by atoms with E-state index in [1.807, 2.05) is 6.92 Å². The van der Waals surface area contributed by atoms with E-state index in [0.29, 0.717) is 17.5 Å². The Morgan fingerprint density at radius 1 is 1.38 bits per heavy atom. The minimum atomic E-state index is -0.186. The summed E-state index contributed by atoms with van der Waals surface area (Å²) in [4.78, 5) is 11.1. The standard InChI is InChI=1S/C10H12O3/c1-3-7-4-8(12)5-9(13)10(7)6(2)11/h4-5,12-13H,3H2,1-2H3. The van der Waals surface area contributed by atoms with Gasteiger partial charge in [-0.1, -0.05) is 6.92 Å². The van der Waals surface area contributed by atoms with Crippen molar-refractivity contribution < 1.29 is 15.0 Å². The Morgan fingerprint density at radius 3 is 2.46 bits per heavy atom. The summed E-state index contributed by atoms with van der Waals surface area (Å²) in [5.74, 6) is -0.349. The first kappa shape index (κ1) is 9.58. The van der Waals surface area contributed by atoms with Gasteiger partial charge in [-0.2, -0.15) is 0 Å². The quantitative estimate of drug-likeness (QED) is 0.683. The average molecular weight is 180 g/mol. The fourth-order valence-corrected chi connectivity index (χ4v) is 1.35. The zero-order valence-electron chi connectivity index (χ0n) is 7.66. The molecule has 13 heavy (non-hydrogen) atoms. The molecule has 3 heteroatoms. The molecule has 0 aliphatic heterocycles.